The lowest BCUT2D eigenvalue weighted by Crippen LogP contribution is -2.64. The quantitative estimate of drug-likeness (QED) is 0.824. The number of nitrogens with one attached hydrogen (secondary N) is 1. The summed E-state index contributed by atoms with van der Waals surface area (Å²) in [7, 11) is 0. The van der Waals surface area contributed by atoms with Crippen LogP contribution in [-0.2, 0) is 9.59 Å². The second-order valence-corrected chi connectivity index (χ2v) is 10.5. The van der Waals surface area contributed by atoms with E-state index in [1.54, 1.807) is 18.3 Å². The molecule has 0 radical (unpaired) electrons. The first-order valence-corrected chi connectivity index (χ1v) is 10.8. The molecule has 0 bridgehead atoms. The maximum atomic E-state index is 13.1. The van der Waals surface area contributed by atoms with E-state index < -0.39 is 11.6 Å². The highest BCUT2D eigenvalue weighted by Crippen LogP contribution is 2.41. The van der Waals surface area contributed by atoms with Crippen LogP contribution in [0.1, 0.15) is 70.7 Å². The van der Waals surface area contributed by atoms with Crippen LogP contribution in [0, 0.1) is 11.3 Å². The van der Waals surface area contributed by atoms with E-state index in [0.29, 0.717) is 19.4 Å². The third kappa shape index (κ3) is 4.54. The summed E-state index contributed by atoms with van der Waals surface area (Å²) in [6.45, 7) is 8.37. The molecule has 2 fully saturated rings. The van der Waals surface area contributed by atoms with Gasteiger partial charge in [-0.25, -0.2) is 0 Å². The Morgan fingerprint density at radius 3 is 2.59 bits per heavy atom. The molecule has 2 aliphatic rings. The third-order valence-corrected chi connectivity index (χ3v) is 6.70. The molecule has 1 saturated heterocycles. The van der Waals surface area contributed by atoms with Crippen LogP contribution >= 0.6 is 11.3 Å². The summed E-state index contributed by atoms with van der Waals surface area (Å²) in [5, 5.41) is 16.2. The zero-order chi connectivity index (χ0) is 19.8. The number of likely N-dealkylation sites (tertiary alicyclic amines) is 1. The number of amides is 2. The predicted molar refractivity (Wildman–Crippen MR) is 107 cm³/mol. The number of hydrogen-bond donors (Lipinski definition) is 2. The summed E-state index contributed by atoms with van der Waals surface area (Å²) in [4.78, 5) is 28.7. The summed E-state index contributed by atoms with van der Waals surface area (Å²) in [6.07, 6.45) is 3.85. The summed E-state index contributed by atoms with van der Waals surface area (Å²) in [5.41, 5.74) is -1.19. The van der Waals surface area contributed by atoms with Crippen LogP contribution in [0.25, 0.3) is 0 Å². The van der Waals surface area contributed by atoms with Crippen LogP contribution in [0.15, 0.2) is 17.5 Å². The van der Waals surface area contributed by atoms with Gasteiger partial charge >= 0.3 is 0 Å². The molecule has 0 unspecified atom stereocenters. The molecule has 2 N–H and O–H groups in total. The Kier molecular flexibility index (Phi) is 5.69. The number of aliphatic hydroxyl groups is 1. The molecule has 1 aliphatic carbocycles. The first-order valence-electron chi connectivity index (χ1n) is 9.94. The van der Waals surface area contributed by atoms with Crippen molar-refractivity contribution in [3.05, 3.63) is 22.4 Å². The smallest absolute Gasteiger partial charge is 0.226 e. The first kappa shape index (κ1) is 20.3. The fourth-order valence-corrected chi connectivity index (χ4v) is 4.89. The number of hydrogen-bond acceptors (Lipinski definition) is 4. The second-order valence-electron chi connectivity index (χ2n) is 9.51. The van der Waals surface area contributed by atoms with Crippen LogP contribution < -0.4 is 5.32 Å². The number of piperidine rings is 1. The van der Waals surface area contributed by atoms with Crippen LogP contribution in [-0.4, -0.2) is 40.0 Å². The average molecular weight is 393 g/mol. The zero-order valence-electron chi connectivity index (χ0n) is 16.8. The van der Waals surface area contributed by atoms with E-state index in [0.717, 1.165) is 24.1 Å². The molecule has 1 aromatic rings. The van der Waals surface area contributed by atoms with Crippen LogP contribution in [0.4, 0.5) is 0 Å². The van der Waals surface area contributed by atoms with Gasteiger partial charge in [0.1, 0.15) is 0 Å². The molecule has 6 heteroatoms. The second kappa shape index (κ2) is 7.55. The molecule has 1 aliphatic heterocycles. The summed E-state index contributed by atoms with van der Waals surface area (Å²) >= 11 is 1.58. The van der Waals surface area contributed by atoms with Crippen molar-refractivity contribution in [1.82, 2.24) is 10.2 Å². The van der Waals surface area contributed by atoms with E-state index in [2.05, 4.69) is 5.32 Å². The molecule has 150 valence electrons. The Bertz CT molecular complexity index is 674. The van der Waals surface area contributed by atoms with Crippen LogP contribution in [0.3, 0.4) is 0 Å². The first-order chi connectivity index (χ1) is 12.6. The normalized spacial score (nSPS) is 29.3. The van der Waals surface area contributed by atoms with Gasteiger partial charge in [-0.15, -0.1) is 11.3 Å². The van der Waals surface area contributed by atoms with E-state index in [1.807, 2.05) is 43.2 Å². The number of carbonyl (C=O) groups excluding carboxylic acids is 2. The lowest BCUT2D eigenvalue weighted by molar-refractivity contribution is -0.152. The highest BCUT2D eigenvalue weighted by atomic mass is 32.1. The topological polar surface area (TPSA) is 69.6 Å². The number of thiophene rings is 1. The fourth-order valence-electron chi connectivity index (χ4n) is 4.02. The van der Waals surface area contributed by atoms with Gasteiger partial charge in [0.05, 0.1) is 17.7 Å². The molecule has 0 spiro atoms. The maximum absolute atomic E-state index is 13.1. The lowest BCUT2D eigenvalue weighted by Gasteiger charge is -2.50. The Balaban J connectivity index is 1.89. The van der Waals surface area contributed by atoms with Crippen molar-refractivity contribution in [2.75, 3.05) is 6.54 Å². The number of rotatable bonds is 4. The highest BCUT2D eigenvalue weighted by molar-refractivity contribution is 7.10. The van der Waals surface area contributed by atoms with Crippen molar-refractivity contribution < 1.29 is 14.7 Å². The molecule has 2 amide bonds. The van der Waals surface area contributed by atoms with Crippen molar-refractivity contribution in [3.63, 3.8) is 0 Å². The lowest BCUT2D eigenvalue weighted by atomic mass is 9.78. The van der Waals surface area contributed by atoms with E-state index in [-0.39, 0.29) is 29.2 Å². The van der Waals surface area contributed by atoms with Gasteiger partial charge in [0, 0.05) is 23.8 Å². The molecule has 5 nitrogen and oxygen atoms in total. The zero-order valence-corrected chi connectivity index (χ0v) is 17.6. The summed E-state index contributed by atoms with van der Waals surface area (Å²) in [5.74, 6) is 0.193. The van der Waals surface area contributed by atoms with Gasteiger partial charge in [-0.2, -0.15) is 0 Å². The average Bonchev–Trinajstić information content (AvgIpc) is 2.99. The monoisotopic (exact) mass is 392 g/mol. The van der Waals surface area contributed by atoms with Gasteiger partial charge in [0.2, 0.25) is 11.8 Å². The van der Waals surface area contributed by atoms with Crippen molar-refractivity contribution in [3.8, 4) is 0 Å². The Hall–Kier alpha value is -1.40. The standard InChI is InChI=1S/C21H32N2O3S/c1-20(2,3)13-16(24)22-18-17(15-9-6-12-27-15)23(11-10-21(18,4)26)19(25)14-7-5-8-14/h6,9,12,14,17-18,26H,5,7-8,10-11,13H2,1-4H3,(H,22,24)/t17-,18-,21+/m0/s1. The van der Waals surface area contributed by atoms with Crippen molar-refractivity contribution in [1.29, 1.82) is 0 Å². The minimum absolute atomic E-state index is 0.0766. The molecule has 27 heavy (non-hydrogen) atoms. The minimum Gasteiger partial charge on any atom is -0.388 e. The van der Waals surface area contributed by atoms with Gasteiger partial charge in [0.25, 0.3) is 0 Å². The molecular weight excluding hydrogens is 360 g/mol. The largest absolute Gasteiger partial charge is 0.388 e. The van der Waals surface area contributed by atoms with Crippen molar-refractivity contribution >= 4 is 23.2 Å². The minimum atomic E-state index is -1.06. The van der Waals surface area contributed by atoms with Gasteiger partial charge in [-0.05, 0) is 43.0 Å². The SMILES string of the molecule is CC(C)(C)CC(=O)N[C@H]1[C@H](c2cccs2)N(C(=O)C2CCC2)CC[C@@]1(C)O. The molecule has 1 saturated carbocycles. The van der Waals surface area contributed by atoms with Crippen molar-refractivity contribution in [2.45, 2.75) is 77.5 Å². The summed E-state index contributed by atoms with van der Waals surface area (Å²) in [6, 6.07) is 3.14. The van der Waals surface area contributed by atoms with Gasteiger partial charge < -0.3 is 15.3 Å². The number of carbonyl (C=O) groups is 2. The van der Waals surface area contributed by atoms with E-state index in [4.69, 9.17) is 0 Å². The molecular formula is C21H32N2O3S. The Morgan fingerprint density at radius 2 is 2.07 bits per heavy atom. The van der Waals surface area contributed by atoms with Gasteiger partial charge in [-0.3, -0.25) is 9.59 Å². The Morgan fingerprint density at radius 1 is 1.37 bits per heavy atom. The highest BCUT2D eigenvalue weighted by Gasteiger charge is 2.49. The van der Waals surface area contributed by atoms with E-state index in [1.165, 1.54) is 0 Å². The van der Waals surface area contributed by atoms with Crippen molar-refractivity contribution in [2.24, 2.45) is 11.3 Å². The van der Waals surface area contributed by atoms with E-state index in [9.17, 15) is 14.7 Å². The molecule has 1 aromatic heterocycles. The molecule has 3 atom stereocenters. The van der Waals surface area contributed by atoms with Crippen LogP contribution in [0.2, 0.25) is 0 Å². The van der Waals surface area contributed by atoms with Gasteiger partial charge in [-0.1, -0.05) is 33.3 Å². The van der Waals surface area contributed by atoms with E-state index >= 15 is 0 Å². The van der Waals surface area contributed by atoms with Crippen LogP contribution in [0.5, 0.6) is 0 Å². The van der Waals surface area contributed by atoms with Gasteiger partial charge in [0.15, 0.2) is 0 Å². The fraction of sp³-hybridized carbons (Fsp3) is 0.714. The maximum Gasteiger partial charge on any atom is 0.226 e. The third-order valence-electron chi connectivity index (χ3n) is 5.76. The summed E-state index contributed by atoms with van der Waals surface area (Å²) < 4.78 is 0. The molecule has 3 rings (SSSR count). The number of nitrogens with zero attached hydrogens (tertiary/aromatic N) is 1. The molecule has 0 aromatic carbocycles. The Labute approximate surface area is 166 Å². The predicted octanol–water partition coefficient (Wildman–Crippen LogP) is 3.49. The molecule has 2 heterocycles.